The summed E-state index contributed by atoms with van der Waals surface area (Å²) in [7, 11) is 2.05. The zero-order valence-corrected chi connectivity index (χ0v) is 8.23. The van der Waals surface area contributed by atoms with Crippen LogP contribution in [0.3, 0.4) is 0 Å². The van der Waals surface area contributed by atoms with Crippen LogP contribution in [-0.4, -0.2) is 13.6 Å². The van der Waals surface area contributed by atoms with E-state index in [2.05, 4.69) is 22.8 Å². The average molecular weight is 181 g/mol. The number of nitrogens with one attached hydrogen (secondary N) is 1. The van der Waals surface area contributed by atoms with E-state index in [1.54, 1.807) is 4.88 Å². The monoisotopic (exact) mass is 181 g/mol. The third kappa shape index (κ3) is 1.41. The molecule has 66 valence electrons. The molecule has 0 aromatic carbocycles. The van der Waals surface area contributed by atoms with Crippen LogP contribution in [-0.2, 0) is 0 Å². The first kappa shape index (κ1) is 8.27. The highest BCUT2D eigenvalue weighted by Crippen LogP contribution is 2.43. The largest absolute Gasteiger partial charge is 0.319 e. The summed E-state index contributed by atoms with van der Waals surface area (Å²) in [6.45, 7) is 1.18. The molecule has 1 saturated carbocycles. The summed E-state index contributed by atoms with van der Waals surface area (Å²) >= 11 is 1.91. The Hall–Kier alpha value is -0.340. The summed E-state index contributed by atoms with van der Waals surface area (Å²) in [5.74, 6) is 1.76. The molecule has 1 aliphatic rings. The summed E-state index contributed by atoms with van der Waals surface area (Å²) in [4.78, 5) is 1.58. The van der Waals surface area contributed by atoms with E-state index < -0.39 is 0 Å². The van der Waals surface area contributed by atoms with E-state index in [4.69, 9.17) is 0 Å². The molecule has 0 saturated heterocycles. The predicted octanol–water partition coefficient (Wildman–Crippen LogP) is 2.46. The molecule has 1 nitrogen and oxygen atoms in total. The minimum absolute atomic E-state index is 0.859. The molecule has 0 amide bonds. The Morgan fingerprint density at radius 3 is 3.00 bits per heavy atom. The van der Waals surface area contributed by atoms with Gasteiger partial charge in [0, 0.05) is 4.88 Å². The normalized spacial score (nSPS) is 28.4. The Morgan fingerprint density at radius 1 is 1.58 bits per heavy atom. The lowest BCUT2D eigenvalue weighted by molar-refractivity contribution is 0.254. The van der Waals surface area contributed by atoms with Crippen LogP contribution < -0.4 is 5.32 Å². The quantitative estimate of drug-likeness (QED) is 0.755. The van der Waals surface area contributed by atoms with Crippen molar-refractivity contribution in [2.24, 2.45) is 5.92 Å². The lowest BCUT2D eigenvalue weighted by atomic mass is 9.73. The van der Waals surface area contributed by atoms with E-state index >= 15 is 0 Å². The molecular formula is C10H15NS. The van der Waals surface area contributed by atoms with E-state index in [-0.39, 0.29) is 0 Å². The zero-order chi connectivity index (χ0) is 8.39. The van der Waals surface area contributed by atoms with Crippen molar-refractivity contribution in [3.05, 3.63) is 22.4 Å². The summed E-state index contributed by atoms with van der Waals surface area (Å²) in [6, 6.07) is 4.44. The van der Waals surface area contributed by atoms with Crippen molar-refractivity contribution in [2.45, 2.75) is 18.8 Å². The molecule has 1 heterocycles. The van der Waals surface area contributed by atoms with Crippen LogP contribution in [0.2, 0.25) is 0 Å². The molecule has 2 atom stereocenters. The lowest BCUT2D eigenvalue weighted by Crippen LogP contribution is -2.31. The van der Waals surface area contributed by atoms with Gasteiger partial charge in [-0.15, -0.1) is 11.3 Å². The molecule has 2 heteroatoms. The molecule has 1 aromatic heterocycles. The molecule has 0 bridgehead atoms. The van der Waals surface area contributed by atoms with Crippen LogP contribution in [0.5, 0.6) is 0 Å². The van der Waals surface area contributed by atoms with Gasteiger partial charge in [0.15, 0.2) is 0 Å². The van der Waals surface area contributed by atoms with E-state index in [0.29, 0.717) is 0 Å². The number of hydrogen-bond acceptors (Lipinski definition) is 2. The van der Waals surface area contributed by atoms with E-state index in [1.807, 2.05) is 18.4 Å². The fourth-order valence-corrected chi connectivity index (χ4v) is 2.91. The summed E-state index contributed by atoms with van der Waals surface area (Å²) in [5.41, 5.74) is 0. The van der Waals surface area contributed by atoms with E-state index in [1.165, 1.54) is 19.4 Å². The first-order valence-corrected chi connectivity index (χ1v) is 5.48. The summed E-state index contributed by atoms with van der Waals surface area (Å²) in [5, 5.41) is 5.45. The van der Waals surface area contributed by atoms with Gasteiger partial charge in [-0.05, 0) is 49.7 Å². The van der Waals surface area contributed by atoms with Gasteiger partial charge in [0.25, 0.3) is 0 Å². The van der Waals surface area contributed by atoms with Gasteiger partial charge in [-0.3, -0.25) is 0 Å². The Balaban J connectivity index is 1.97. The van der Waals surface area contributed by atoms with Crippen molar-refractivity contribution in [2.75, 3.05) is 13.6 Å². The first-order chi connectivity index (χ1) is 5.92. The molecule has 2 unspecified atom stereocenters. The third-order valence-corrected chi connectivity index (χ3v) is 3.80. The topological polar surface area (TPSA) is 12.0 Å². The second-order valence-electron chi connectivity index (χ2n) is 3.52. The summed E-state index contributed by atoms with van der Waals surface area (Å²) in [6.07, 6.45) is 2.80. The molecule has 1 aromatic rings. The molecular weight excluding hydrogens is 166 g/mol. The average Bonchev–Trinajstić information content (AvgIpc) is 2.51. The van der Waals surface area contributed by atoms with Crippen molar-refractivity contribution < 1.29 is 0 Å². The zero-order valence-electron chi connectivity index (χ0n) is 7.42. The molecule has 0 radical (unpaired) electrons. The van der Waals surface area contributed by atoms with Gasteiger partial charge in [-0.2, -0.15) is 0 Å². The minimum atomic E-state index is 0.859. The second-order valence-corrected chi connectivity index (χ2v) is 4.50. The fourth-order valence-electron chi connectivity index (χ4n) is 1.95. The van der Waals surface area contributed by atoms with Gasteiger partial charge in [0.2, 0.25) is 0 Å². The highest BCUT2D eigenvalue weighted by molar-refractivity contribution is 7.10. The van der Waals surface area contributed by atoms with Gasteiger partial charge in [0.05, 0.1) is 0 Å². The first-order valence-electron chi connectivity index (χ1n) is 4.60. The Kier molecular flexibility index (Phi) is 2.47. The van der Waals surface area contributed by atoms with Crippen LogP contribution in [0.25, 0.3) is 0 Å². The Labute approximate surface area is 77.8 Å². The van der Waals surface area contributed by atoms with Crippen molar-refractivity contribution in [1.82, 2.24) is 5.32 Å². The highest BCUT2D eigenvalue weighted by atomic mass is 32.1. The fraction of sp³-hybridized carbons (Fsp3) is 0.600. The SMILES string of the molecule is CNCC1CCC1c1cccs1. The van der Waals surface area contributed by atoms with Crippen molar-refractivity contribution >= 4 is 11.3 Å². The van der Waals surface area contributed by atoms with Crippen molar-refractivity contribution in [3.63, 3.8) is 0 Å². The second kappa shape index (κ2) is 3.58. The van der Waals surface area contributed by atoms with Gasteiger partial charge >= 0.3 is 0 Å². The predicted molar refractivity (Wildman–Crippen MR) is 53.7 cm³/mol. The van der Waals surface area contributed by atoms with Gasteiger partial charge < -0.3 is 5.32 Å². The molecule has 12 heavy (non-hydrogen) atoms. The number of rotatable bonds is 3. The van der Waals surface area contributed by atoms with Crippen LogP contribution in [0.15, 0.2) is 17.5 Å². The van der Waals surface area contributed by atoms with E-state index in [0.717, 1.165) is 11.8 Å². The molecule has 0 spiro atoms. The van der Waals surface area contributed by atoms with E-state index in [9.17, 15) is 0 Å². The smallest absolute Gasteiger partial charge is 0.00794 e. The maximum atomic E-state index is 3.27. The number of thiophene rings is 1. The lowest BCUT2D eigenvalue weighted by Gasteiger charge is -2.35. The number of hydrogen-bond donors (Lipinski definition) is 1. The molecule has 1 N–H and O–H groups in total. The van der Waals surface area contributed by atoms with Crippen LogP contribution in [0.4, 0.5) is 0 Å². The molecule has 1 aliphatic carbocycles. The highest BCUT2D eigenvalue weighted by Gasteiger charge is 2.31. The van der Waals surface area contributed by atoms with Crippen molar-refractivity contribution in [1.29, 1.82) is 0 Å². The maximum absolute atomic E-state index is 3.27. The molecule has 2 rings (SSSR count). The van der Waals surface area contributed by atoms with Crippen LogP contribution >= 0.6 is 11.3 Å². The molecule has 1 fully saturated rings. The Morgan fingerprint density at radius 2 is 2.50 bits per heavy atom. The van der Waals surface area contributed by atoms with Gasteiger partial charge in [-0.25, -0.2) is 0 Å². The standard InChI is InChI=1S/C10H15NS/c1-11-7-8-4-5-9(8)10-3-2-6-12-10/h2-3,6,8-9,11H,4-5,7H2,1H3. The van der Waals surface area contributed by atoms with Gasteiger partial charge in [-0.1, -0.05) is 6.07 Å². The molecule has 0 aliphatic heterocycles. The maximum Gasteiger partial charge on any atom is 0.00794 e. The van der Waals surface area contributed by atoms with Gasteiger partial charge in [0.1, 0.15) is 0 Å². The summed E-state index contributed by atoms with van der Waals surface area (Å²) < 4.78 is 0. The third-order valence-electron chi connectivity index (χ3n) is 2.79. The van der Waals surface area contributed by atoms with Crippen LogP contribution in [0, 0.1) is 5.92 Å². The van der Waals surface area contributed by atoms with Crippen molar-refractivity contribution in [3.8, 4) is 0 Å². The Bertz CT molecular complexity index is 230. The minimum Gasteiger partial charge on any atom is -0.319 e. The van der Waals surface area contributed by atoms with Crippen LogP contribution in [0.1, 0.15) is 23.6 Å².